The van der Waals surface area contributed by atoms with Crippen molar-refractivity contribution in [3.63, 3.8) is 0 Å². The van der Waals surface area contributed by atoms with Crippen LogP contribution in [0.2, 0.25) is 5.28 Å². The Morgan fingerprint density at radius 2 is 1.47 bits per heavy atom. The largest absolute Gasteiger partial charge is 0.396 e. The van der Waals surface area contributed by atoms with Crippen LogP contribution in [0.3, 0.4) is 0 Å². The molecule has 1 N–H and O–H groups in total. The van der Waals surface area contributed by atoms with Crippen LogP contribution in [-0.4, -0.2) is 52.8 Å². The van der Waals surface area contributed by atoms with Crippen LogP contribution in [0.5, 0.6) is 0 Å². The number of hydrogen-bond acceptors (Lipinski definition) is 6. The van der Waals surface area contributed by atoms with Crippen LogP contribution >= 0.6 is 11.6 Å². The summed E-state index contributed by atoms with van der Waals surface area (Å²) in [5, 5.41) is 9.12. The molecule has 0 saturated heterocycles. The van der Waals surface area contributed by atoms with E-state index in [1.54, 1.807) is 0 Å². The summed E-state index contributed by atoms with van der Waals surface area (Å²) >= 11 is 5.98. The van der Waals surface area contributed by atoms with E-state index in [9.17, 15) is 0 Å². The number of hydrogen-bond donors (Lipinski definition) is 1. The van der Waals surface area contributed by atoms with Crippen LogP contribution in [0.1, 0.15) is 27.2 Å². The van der Waals surface area contributed by atoms with E-state index >= 15 is 0 Å². The molecule has 0 unspecified atom stereocenters. The zero-order valence-electron chi connectivity index (χ0n) is 11.8. The molecule has 0 atom stereocenters. The molecule has 0 amide bonds. The molecule has 0 saturated carbocycles. The standard InChI is InChI=1S/C12H22ClN5O/c1-4-17(5-2)11-14-10(13)15-12(16-11)18(6-3)8-7-9-19/h19H,4-9H2,1-3H3. The maximum atomic E-state index is 8.92. The summed E-state index contributed by atoms with van der Waals surface area (Å²) in [4.78, 5) is 16.8. The molecule has 7 heteroatoms. The minimum absolute atomic E-state index is 0.151. The summed E-state index contributed by atoms with van der Waals surface area (Å²) < 4.78 is 0. The van der Waals surface area contributed by atoms with Crippen molar-refractivity contribution in [3.05, 3.63) is 5.28 Å². The fourth-order valence-corrected chi connectivity index (χ4v) is 1.93. The van der Waals surface area contributed by atoms with E-state index in [1.807, 2.05) is 30.6 Å². The Labute approximate surface area is 119 Å². The lowest BCUT2D eigenvalue weighted by molar-refractivity contribution is 0.289. The molecule has 1 aromatic rings. The van der Waals surface area contributed by atoms with Gasteiger partial charge in [-0.3, -0.25) is 0 Å². The lowest BCUT2D eigenvalue weighted by atomic mass is 10.4. The highest BCUT2D eigenvalue weighted by Gasteiger charge is 2.14. The Hall–Kier alpha value is -1.14. The molecule has 0 radical (unpaired) electrons. The second-order valence-corrected chi connectivity index (χ2v) is 4.37. The molecule has 108 valence electrons. The molecule has 0 bridgehead atoms. The normalized spacial score (nSPS) is 10.6. The number of rotatable bonds is 8. The van der Waals surface area contributed by atoms with Gasteiger partial charge in [-0.1, -0.05) is 0 Å². The van der Waals surface area contributed by atoms with Crippen LogP contribution in [-0.2, 0) is 0 Å². The highest BCUT2D eigenvalue weighted by atomic mass is 35.5. The minimum atomic E-state index is 0.151. The van der Waals surface area contributed by atoms with Crippen molar-refractivity contribution < 1.29 is 5.11 Å². The molecular weight excluding hydrogens is 266 g/mol. The van der Waals surface area contributed by atoms with Crippen molar-refractivity contribution in [2.45, 2.75) is 27.2 Å². The van der Waals surface area contributed by atoms with Crippen LogP contribution in [0.15, 0.2) is 0 Å². The predicted molar refractivity (Wildman–Crippen MR) is 78.0 cm³/mol. The first kappa shape index (κ1) is 15.9. The van der Waals surface area contributed by atoms with Crippen LogP contribution in [0, 0.1) is 0 Å². The van der Waals surface area contributed by atoms with Crippen molar-refractivity contribution in [3.8, 4) is 0 Å². The average Bonchev–Trinajstić information content (AvgIpc) is 2.40. The van der Waals surface area contributed by atoms with E-state index in [4.69, 9.17) is 16.7 Å². The Balaban J connectivity index is 2.99. The van der Waals surface area contributed by atoms with E-state index in [2.05, 4.69) is 15.0 Å². The Morgan fingerprint density at radius 3 is 1.95 bits per heavy atom. The quantitative estimate of drug-likeness (QED) is 0.783. The first-order valence-electron chi connectivity index (χ1n) is 6.68. The molecule has 0 aliphatic rings. The topological polar surface area (TPSA) is 65.4 Å². The van der Waals surface area contributed by atoms with Gasteiger partial charge in [0.1, 0.15) is 0 Å². The number of aliphatic hydroxyl groups is 1. The summed E-state index contributed by atoms with van der Waals surface area (Å²) in [5.41, 5.74) is 0. The first-order chi connectivity index (χ1) is 9.15. The van der Waals surface area contributed by atoms with Crippen molar-refractivity contribution in [1.29, 1.82) is 0 Å². The molecule has 1 aromatic heterocycles. The van der Waals surface area contributed by atoms with Crippen molar-refractivity contribution in [2.24, 2.45) is 0 Å². The van der Waals surface area contributed by atoms with E-state index in [0.717, 1.165) is 19.6 Å². The molecule has 6 nitrogen and oxygen atoms in total. The Morgan fingerprint density at radius 1 is 0.947 bits per heavy atom. The van der Waals surface area contributed by atoms with Gasteiger partial charge in [-0.2, -0.15) is 15.0 Å². The fourth-order valence-electron chi connectivity index (χ4n) is 1.78. The van der Waals surface area contributed by atoms with Crippen molar-refractivity contribution in [1.82, 2.24) is 15.0 Å². The molecule has 0 spiro atoms. The first-order valence-corrected chi connectivity index (χ1v) is 7.06. The number of aliphatic hydroxyl groups excluding tert-OH is 1. The lowest BCUT2D eigenvalue weighted by Gasteiger charge is -2.23. The number of nitrogens with zero attached hydrogens (tertiary/aromatic N) is 5. The lowest BCUT2D eigenvalue weighted by Crippen LogP contribution is -2.29. The third-order valence-electron chi connectivity index (χ3n) is 2.88. The highest BCUT2D eigenvalue weighted by Crippen LogP contribution is 2.16. The molecule has 19 heavy (non-hydrogen) atoms. The maximum Gasteiger partial charge on any atom is 0.231 e. The van der Waals surface area contributed by atoms with E-state index in [0.29, 0.717) is 24.9 Å². The average molecular weight is 288 g/mol. The van der Waals surface area contributed by atoms with E-state index in [1.165, 1.54) is 0 Å². The second kappa shape index (κ2) is 8.12. The highest BCUT2D eigenvalue weighted by molar-refractivity contribution is 6.28. The van der Waals surface area contributed by atoms with Crippen molar-refractivity contribution in [2.75, 3.05) is 42.6 Å². The summed E-state index contributed by atoms with van der Waals surface area (Å²) in [5.74, 6) is 1.17. The second-order valence-electron chi connectivity index (χ2n) is 4.03. The molecule has 1 heterocycles. The Bertz CT molecular complexity index is 386. The molecule has 1 rings (SSSR count). The maximum absolute atomic E-state index is 8.92. The van der Waals surface area contributed by atoms with Gasteiger partial charge in [0.05, 0.1) is 0 Å². The number of anilines is 2. The molecule has 0 aromatic carbocycles. The summed E-state index contributed by atoms with van der Waals surface area (Å²) in [6, 6.07) is 0. The van der Waals surface area contributed by atoms with Crippen LogP contribution < -0.4 is 9.80 Å². The zero-order valence-corrected chi connectivity index (χ0v) is 12.6. The van der Waals surface area contributed by atoms with E-state index in [-0.39, 0.29) is 11.9 Å². The number of aromatic nitrogens is 3. The molecule has 0 fully saturated rings. The van der Waals surface area contributed by atoms with Gasteiger partial charge >= 0.3 is 0 Å². The van der Waals surface area contributed by atoms with Crippen LogP contribution in [0.25, 0.3) is 0 Å². The van der Waals surface area contributed by atoms with Crippen molar-refractivity contribution >= 4 is 23.5 Å². The Kier molecular flexibility index (Phi) is 6.80. The fraction of sp³-hybridized carbons (Fsp3) is 0.750. The van der Waals surface area contributed by atoms with Gasteiger partial charge < -0.3 is 14.9 Å². The third kappa shape index (κ3) is 4.47. The summed E-state index contributed by atoms with van der Waals surface area (Å²) in [7, 11) is 0. The summed E-state index contributed by atoms with van der Waals surface area (Å²) in [6.45, 7) is 9.36. The zero-order chi connectivity index (χ0) is 14.3. The SMILES string of the molecule is CCN(CC)c1nc(Cl)nc(N(CC)CCCO)n1. The minimum Gasteiger partial charge on any atom is -0.396 e. The molecule has 0 aliphatic carbocycles. The number of halogens is 1. The van der Waals surface area contributed by atoms with Gasteiger partial charge in [0.25, 0.3) is 0 Å². The molecular formula is C12H22ClN5O. The predicted octanol–water partition coefficient (Wildman–Crippen LogP) is 1.58. The van der Waals surface area contributed by atoms with Gasteiger partial charge in [-0.15, -0.1) is 0 Å². The molecule has 0 aliphatic heterocycles. The summed E-state index contributed by atoms with van der Waals surface area (Å²) in [6.07, 6.45) is 0.678. The van der Waals surface area contributed by atoms with Gasteiger partial charge in [-0.05, 0) is 38.8 Å². The van der Waals surface area contributed by atoms with Gasteiger partial charge in [0, 0.05) is 32.8 Å². The van der Waals surface area contributed by atoms with Gasteiger partial charge in [0.15, 0.2) is 0 Å². The third-order valence-corrected chi connectivity index (χ3v) is 3.05. The van der Waals surface area contributed by atoms with Gasteiger partial charge in [0.2, 0.25) is 17.2 Å². The van der Waals surface area contributed by atoms with Gasteiger partial charge in [-0.25, -0.2) is 0 Å². The van der Waals surface area contributed by atoms with E-state index < -0.39 is 0 Å². The van der Waals surface area contributed by atoms with Crippen LogP contribution in [0.4, 0.5) is 11.9 Å². The smallest absolute Gasteiger partial charge is 0.231 e. The monoisotopic (exact) mass is 287 g/mol.